The molecule has 50 heavy (non-hydrogen) atoms. The molecule has 1 aromatic heterocycles. The number of aromatic nitrogens is 1. The largest absolute Gasteiger partial charge is 0.504 e. The lowest BCUT2D eigenvalue weighted by Crippen LogP contribution is -2.72. The quantitative estimate of drug-likeness (QED) is 0.0372. The molecule has 268 valence electrons. The van der Waals surface area contributed by atoms with Crippen molar-refractivity contribution in [3.8, 4) is 11.5 Å². The van der Waals surface area contributed by atoms with E-state index in [2.05, 4.69) is 25.8 Å². The second-order valence-electron chi connectivity index (χ2n) is 12.4. The van der Waals surface area contributed by atoms with Crippen LogP contribution in [0, 0.1) is 0 Å². The number of thioether (sulfide) groups is 1. The Morgan fingerprint density at radius 3 is 2.58 bits per heavy atom. The van der Waals surface area contributed by atoms with E-state index in [4.69, 9.17) is 27.9 Å². The van der Waals surface area contributed by atoms with Crippen molar-refractivity contribution in [1.82, 2.24) is 20.5 Å². The van der Waals surface area contributed by atoms with E-state index in [0.717, 1.165) is 36.4 Å². The van der Waals surface area contributed by atoms with Gasteiger partial charge in [-0.25, -0.2) is 9.78 Å². The van der Waals surface area contributed by atoms with Crippen molar-refractivity contribution in [2.45, 2.75) is 37.3 Å². The summed E-state index contributed by atoms with van der Waals surface area (Å²) in [6.07, 6.45) is 0.972. The Morgan fingerprint density at radius 2 is 1.98 bits per heavy atom. The summed E-state index contributed by atoms with van der Waals surface area (Å²) in [4.78, 5) is 66.4. The Hall–Kier alpha value is -4.59. The van der Waals surface area contributed by atoms with Gasteiger partial charge in [0.25, 0.3) is 17.7 Å². The molecular formula is C30H37ClN9O8S2+. The number of carboxylic acids is 1. The number of likely N-dealkylation sites (tertiary alicyclic amines) is 1. The molecule has 0 radical (unpaired) electrons. The summed E-state index contributed by atoms with van der Waals surface area (Å²) in [5, 5.41) is 39.1. The second-order valence-corrected chi connectivity index (χ2v) is 14.8. The number of aromatic hydroxyl groups is 2. The van der Waals surface area contributed by atoms with Gasteiger partial charge in [-0.05, 0) is 26.0 Å². The fourth-order valence-electron chi connectivity index (χ4n) is 5.67. The van der Waals surface area contributed by atoms with Gasteiger partial charge in [0.1, 0.15) is 29.5 Å². The normalized spacial score (nSPS) is 20.4. The third kappa shape index (κ3) is 7.16. The van der Waals surface area contributed by atoms with Crippen molar-refractivity contribution >= 4 is 75.1 Å². The van der Waals surface area contributed by atoms with Crippen molar-refractivity contribution in [1.29, 1.82) is 0 Å². The second kappa shape index (κ2) is 14.3. The van der Waals surface area contributed by atoms with Crippen LogP contribution >= 0.6 is 34.7 Å². The molecule has 0 aliphatic carbocycles. The molecule has 1 aromatic carbocycles. The third-order valence-corrected chi connectivity index (χ3v) is 11.1. The first-order chi connectivity index (χ1) is 23.6. The Labute approximate surface area is 299 Å². The number of nitrogens with two attached hydrogens (primary N) is 2. The molecule has 0 saturated carbocycles. The number of rotatable bonds is 13. The van der Waals surface area contributed by atoms with E-state index in [1.54, 1.807) is 0 Å². The van der Waals surface area contributed by atoms with Crippen LogP contribution in [0.25, 0.3) is 0 Å². The first-order valence-corrected chi connectivity index (χ1v) is 17.6. The van der Waals surface area contributed by atoms with Gasteiger partial charge in [-0.15, -0.1) is 23.1 Å². The molecule has 9 N–H and O–H groups in total. The van der Waals surface area contributed by atoms with Gasteiger partial charge in [-0.3, -0.25) is 24.3 Å². The van der Waals surface area contributed by atoms with Crippen LogP contribution in [0.2, 0.25) is 5.02 Å². The number of amidine groups is 1. The van der Waals surface area contributed by atoms with Crippen molar-refractivity contribution in [3.05, 3.63) is 45.1 Å². The summed E-state index contributed by atoms with van der Waals surface area (Å²) >= 11 is 8.55. The number of benzene rings is 1. The Morgan fingerprint density at radius 1 is 1.26 bits per heavy atom. The Bertz CT molecular complexity index is 1820. The number of halogens is 1. The predicted molar refractivity (Wildman–Crippen MR) is 187 cm³/mol. The molecule has 2 saturated heterocycles. The van der Waals surface area contributed by atoms with E-state index in [-0.39, 0.29) is 33.0 Å². The van der Waals surface area contributed by atoms with Crippen LogP contribution in [-0.2, 0) is 19.2 Å². The summed E-state index contributed by atoms with van der Waals surface area (Å²) in [6, 6.07) is 1.56. The lowest BCUT2D eigenvalue weighted by molar-refractivity contribution is -0.958. The molecular weight excluding hydrogens is 714 g/mol. The fraction of sp³-hybridized carbons (Fsp3) is 0.433. The smallest absolute Gasteiger partial charge is 0.350 e. The van der Waals surface area contributed by atoms with Crippen LogP contribution in [-0.4, -0.2) is 127 Å². The van der Waals surface area contributed by atoms with E-state index >= 15 is 0 Å². The number of carboxylic acid groups (broad SMARTS) is 1. The average molecular weight is 751 g/mol. The number of nitrogens with one attached hydrogen (secondary N) is 2. The molecule has 2 fully saturated rings. The maximum absolute atomic E-state index is 13.7. The number of nitrogen functional groups attached to an aromatic ring is 1. The monoisotopic (exact) mass is 750 g/mol. The van der Waals surface area contributed by atoms with E-state index in [0.29, 0.717) is 35.6 Å². The van der Waals surface area contributed by atoms with Gasteiger partial charge in [0.05, 0.1) is 42.5 Å². The number of carbonyl (C=O) groups excluding carboxylic acids is 3. The number of fused-ring (bicyclic) bond motifs is 1. The summed E-state index contributed by atoms with van der Waals surface area (Å²) in [6.45, 7) is 5.61. The van der Waals surface area contributed by atoms with Gasteiger partial charge < -0.3 is 46.7 Å². The van der Waals surface area contributed by atoms with E-state index in [9.17, 15) is 34.5 Å². The maximum atomic E-state index is 13.7. The number of phenolic OH excluding ortho intramolecular Hbond substituents is 2. The molecule has 0 spiro atoms. The van der Waals surface area contributed by atoms with Gasteiger partial charge >= 0.3 is 5.97 Å². The minimum atomic E-state index is -1.76. The highest BCUT2D eigenvalue weighted by molar-refractivity contribution is 8.00. The third-order valence-electron chi connectivity index (χ3n) is 8.68. The molecule has 4 heterocycles. The molecule has 17 nitrogen and oxygen atoms in total. The lowest BCUT2D eigenvalue weighted by Gasteiger charge is -2.52. The van der Waals surface area contributed by atoms with Crippen LogP contribution in [0.4, 0.5) is 5.13 Å². The summed E-state index contributed by atoms with van der Waals surface area (Å²) in [5.74, 6) is -3.37. The summed E-state index contributed by atoms with van der Waals surface area (Å²) < 4.78 is 0.626. The van der Waals surface area contributed by atoms with Crippen LogP contribution < -0.4 is 22.1 Å². The zero-order valence-corrected chi connectivity index (χ0v) is 29.7. The number of nitrogens with zero attached hydrogens (tertiary/aromatic N) is 5. The number of quaternary nitrogens is 1. The molecule has 0 bridgehead atoms. The minimum Gasteiger partial charge on any atom is -0.504 e. The topological polar surface area (TPSA) is 255 Å². The number of aliphatic carboxylic acids is 1. The summed E-state index contributed by atoms with van der Waals surface area (Å²) in [5.41, 5.74) is 11.5. The first kappa shape index (κ1) is 36.7. The average Bonchev–Trinajstić information content (AvgIpc) is 3.49. The standard InChI is InChI=1S/C30H36ClN9O8S2/c1-30(2,28(46)47)48-38-19(16-13-50-29(33)36-16)25(44)37-20-26(45)39-21(23(32)34-3)14(12-49-27(20)39)11-40(8-4-9-40)10-7-35-24(43)15-5-6-17(41)22(42)18(15)31/h5-6,13,20,27H,4,7-12H2,1-3H3,(H8-,32,33,34,35,36,37,38,41,42,43,44,46,47)/p+1. The summed E-state index contributed by atoms with van der Waals surface area (Å²) in [7, 11) is 1.52. The van der Waals surface area contributed by atoms with Crippen molar-refractivity contribution < 1.29 is 43.8 Å². The molecule has 3 aliphatic rings. The number of thiazole rings is 1. The zero-order chi connectivity index (χ0) is 36.5. The maximum Gasteiger partial charge on any atom is 0.350 e. The van der Waals surface area contributed by atoms with E-state index in [1.807, 2.05) is 0 Å². The molecule has 3 amide bonds. The molecule has 5 rings (SSSR count). The van der Waals surface area contributed by atoms with Gasteiger partial charge in [-0.2, -0.15) is 0 Å². The SMILES string of the molecule is CN=C(N)C1=C(C[N+]2(CCNC(=O)c3ccc(O)c(O)c3Cl)CCC2)CSC2C(NC(=O)/C(=N\OC(C)(C)C(=O)O)c3csc(N)n3)C(=O)N12. The number of phenols is 2. The van der Waals surface area contributed by atoms with E-state index in [1.165, 1.54) is 55.1 Å². The van der Waals surface area contributed by atoms with Gasteiger partial charge in [-0.1, -0.05) is 16.8 Å². The van der Waals surface area contributed by atoms with Crippen LogP contribution in [0.3, 0.4) is 0 Å². The number of hydrogen-bond acceptors (Lipinski definition) is 13. The molecule has 3 aliphatic heterocycles. The highest BCUT2D eigenvalue weighted by Gasteiger charge is 2.54. The van der Waals surface area contributed by atoms with Crippen molar-refractivity contribution in [2.75, 3.05) is 51.3 Å². The van der Waals surface area contributed by atoms with Gasteiger partial charge in [0.2, 0.25) is 5.60 Å². The zero-order valence-electron chi connectivity index (χ0n) is 27.3. The van der Waals surface area contributed by atoms with Crippen LogP contribution in [0.15, 0.2) is 38.9 Å². The number of carbonyl (C=O) groups is 4. The molecule has 2 aromatic rings. The fourth-order valence-corrected chi connectivity index (χ4v) is 7.80. The number of oxime groups is 1. The van der Waals surface area contributed by atoms with Crippen molar-refractivity contribution in [3.63, 3.8) is 0 Å². The van der Waals surface area contributed by atoms with Crippen molar-refractivity contribution in [2.24, 2.45) is 15.9 Å². The van der Waals surface area contributed by atoms with Crippen LogP contribution in [0.5, 0.6) is 11.5 Å². The minimum absolute atomic E-state index is 0.0347. The number of β-lactam (4-membered cyclic amide) rings is 1. The highest BCUT2D eigenvalue weighted by atomic mass is 35.5. The van der Waals surface area contributed by atoms with Gasteiger partial charge in [0.15, 0.2) is 22.3 Å². The predicted octanol–water partition coefficient (Wildman–Crippen LogP) is 0.665. The van der Waals surface area contributed by atoms with Crippen LogP contribution in [0.1, 0.15) is 36.3 Å². The molecule has 2 unspecified atom stereocenters. The molecule has 2 atom stereocenters. The van der Waals surface area contributed by atoms with Gasteiger partial charge in [0, 0.05) is 30.2 Å². The first-order valence-electron chi connectivity index (χ1n) is 15.3. The molecule has 20 heteroatoms. The highest BCUT2D eigenvalue weighted by Crippen LogP contribution is 2.42. The van der Waals surface area contributed by atoms with E-state index < -0.39 is 52.2 Å². The number of amides is 3. The Kier molecular flexibility index (Phi) is 10.5. The Balaban J connectivity index is 1.30. The lowest BCUT2D eigenvalue weighted by atomic mass is 9.99. The number of hydrogen-bond donors (Lipinski definition) is 7. The number of anilines is 1. The number of aliphatic imine (C=N–C) groups is 1.